The van der Waals surface area contributed by atoms with Crippen molar-refractivity contribution in [1.82, 2.24) is 14.8 Å². The van der Waals surface area contributed by atoms with E-state index in [-0.39, 0.29) is 5.69 Å². The number of carbonyl (C=O) groups is 1. The van der Waals surface area contributed by atoms with E-state index in [0.717, 1.165) is 5.69 Å². The van der Waals surface area contributed by atoms with Crippen LogP contribution in [0, 0.1) is 6.92 Å². The minimum atomic E-state index is -0.988. The van der Waals surface area contributed by atoms with Crippen molar-refractivity contribution in [2.24, 2.45) is 7.05 Å². The van der Waals surface area contributed by atoms with Crippen LogP contribution in [0.2, 0.25) is 0 Å². The quantitative estimate of drug-likeness (QED) is 0.838. The molecule has 15 heavy (non-hydrogen) atoms. The zero-order valence-corrected chi connectivity index (χ0v) is 9.08. The molecule has 0 unspecified atom stereocenters. The molecule has 78 valence electrons. The number of aromatic carboxylic acids is 1. The average molecular weight is 223 g/mol. The van der Waals surface area contributed by atoms with Crippen molar-refractivity contribution in [3.8, 4) is 10.6 Å². The third-order valence-electron chi connectivity index (χ3n) is 1.99. The van der Waals surface area contributed by atoms with Crippen LogP contribution in [0.15, 0.2) is 11.6 Å². The van der Waals surface area contributed by atoms with Gasteiger partial charge in [-0.15, -0.1) is 11.3 Å². The van der Waals surface area contributed by atoms with Crippen LogP contribution in [-0.2, 0) is 7.05 Å². The van der Waals surface area contributed by atoms with Gasteiger partial charge in [0.2, 0.25) is 0 Å². The molecule has 2 heterocycles. The molecule has 2 aromatic heterocycles. The Bertz CT molecular complexity index is 515. The lowest BCUT2D eigenvalue weighted by Crippen LogP contribution is -2.06. The molecular formula is C9H9N3O2S. The minimum absolute atomic E-state index is 0.171. The lowest BCUT2D eigenvalue weighted by molar-refractivity contribution is 0.0686. The van der Waals surface area contributed by atoms with Gasteiger partial charge in [-0.05, 0) is 6.92 Å². The van der Waals surface area contributed by atoms with E-state index in [4.69, 9.17) is 5.11 Å². The second-order valence-corrected chi connectivity index (χ2v) is 3.99. The first kappa shape index (κ1) is 9.85. The lowest BCUT2D eigenvalue weighted by atomic mass is 10.2. The summed E-state index contributed by atoms with van der Waals surface area (Å²) in [7, 11) is 1.60. The first-order valence-corrected chi connectivity index (χ1v) is 5.15. The van der Waals surface area contributed by atoms with Crippen molar-refractivity contribution in [3.63, 3.8) is 0 Å². The van der Waals surface area contributed by atoms with Gasteiger partial charge in [0.25, 0.3) is 0 Å². The SMILES string of the molecule is Cc1csc(-c2cnn(C)c2C(=O)O)n1. The second-order valence-electron chi connectivity index (χ2n) is 3.13. The topological polar surface area (TPSA) is 68.0 Å². The molecule has 0 saturated carbocycles. The second kappa shape index (κ2) is 3.47. The number of aryl methyl sites for hydroxylation is 2. The summed E-state index contributed by atoms with van der Waals surface area (Å²) in [5.41, 5.74) is 1.63. The van der Waals surface area contributed by atoms with E-state index in [2.05, 4.69) is 10.1 Å². The molecule has 0 spiro atoms. The van der Waals surface area contributed by atoms with Gasteiger partial charge in [-0.25, -0.2) is 9.78 Å². The molecule has 0 aliphatic rings. The number of aromatic nitrogens is 3. The highest BCUT2D eigenvalue weighted by Crippen LogP contribution is 2.26. The van der Waals surface area contributed by atoms with Crippen molar-refractivity contribution in [2.75, 3.05) is 0 Å². The van der Waals surface area contributed by atoms with Gasteiger partial charge in [0.15, 0.2) is 5.69 Å². The van der Waals surface area contributed by atoms with Crippen LogP contribution < -0.4 is 0 Å². The third-order valence-corrected chi connectivity index (χ3v) is 2.98. The van der Waals surface area contributed by atoms with E-state index in [1.807, 2.05) is 12.3 Å². The Labute approximate surface area is 90.0 Å². The summed E-state index contributed by atoms with van der Waals surface area (Å²) in [5.74, 6) is -0.988. The number of hydrogen-bond donors (Lipinski definition) is 1. The van der Waals surface area contributed by atoms with Crippen LogP contribution in [-0.4, -0.2) is 25.8 Å². The highest BCUT2D eigenvalue weighted by atomic mass is 32.1. The molecule has 0 bridgehead atoms. The van der Waals surface area contributed by atoms with Gasteiger partial charge in [-0.3, -0.25) is 4.68 Å². The molecule has 0 aromatic carbocycles. The molecule has 0 atom stereocenters. The number of carboxylic acid groups (broad SMARTS) is 1. The molecule has 1 N–H and O–H groups in total. The Morgan fingerprint density at radius 3 is 2.87 bits per heavy atom. The van der Waals surface area contributed by atoms with Crippen molar-refractivity contribution < 1.29 is 9.90 Å². The molecule has 6 heteroatoms. The molecule has 0 saturated heterocycles. The summed E-state index contributed by atoms with van der Waals surface area (Å²) in [6.07, 6.45) is 1.53. The van der Waals surface area contributed by atoms with E-state index in [0.29, 0.717) is 10.6 Å². The predicted octanol–water partition coefficient (Wildman–Crippen LogP) is 1.55. The monoisotopic (exact) mass is 223 g/mol. The van der Waals surface area contributed by atoms with Crippen LogP contribution in [0.3, 0.4) is 0 Å². The van der Waals surface area contributed by atoms with E-state index in [9.17, 15) is 4.79 Å². The number of hydrogen-bond acceptors (Lipinski definition) is 4. The number of rotatable bonds is 2. The fourth-order valence-corrected chi connectivity index (χ4v) is 2.13. The molecule has 0 fully saturated rings. The van der Waals surface area contributed by atoms with Gasteiger partial charge in [0.05, 0.1) is 11.8 Å². The van der Waals surface area contributed by atoms with Gasteiger partial charge >= 0.3 is 5.97 Å². The average Bonchev–Trinajstić information content (AvgIpc) is 2.71. The first-order valence-electron chi connectivity index (χ1n) is 4.27. The molecule has 0 amide bonds. The van der Waals surface area contributed by atoms with Crippen LogP contribution in [0.5, 0.6) is 0 Å². The largest absolute Gasteiger partial charge is 0.477 e. The highest BCUT2D eigenvalue weighted by Gasteiger charge is 2.18. The molecule has 0 aliphatic heterocycles. The van der Waals surface area contributed by atoms with E-state index in [1.165, 1.54) is 22.2 Å². The zero-order chi connectivity index (χ0) is 11.0. The van der Waals surface area contributed by atoms with Gasteiger partial charge in [-0.2, -0.15) is 5.10 Å². The maximum atomic E-state index is 11.0. The van der Waals surface area contributed by atoms with Gasteiger partial charge in [0, 0.05) is 18.1 Å². The normalized spacial score (nSPS) is 10.5. The summed E-state index contributed by atoms with van der Waals surface area (Å²) in [4.78, 5) is 15.2. The molecule has 2 rings (SSSR count). The lowest BCUT2D eigenvalue weighted by Gasteiger charge is -1.97. The Kier molecular flexibility index (Phi) is 2.28. The third kappa shape index (κ3) is 1.63. The predicted molar refractivity (Wildman–Crippen MR) is 56.0 cm³/mol. The Morgan fingerprint density at radius 2 is 2.33 bits per heavy atom. The number of nitrogens with zero attached hydrogens (tertiary/aromatic N) is 3. The first-order chi connectivity index (χ1) is 7.09. The zero-order valence-electron chi connectivity index (χ0n) is 8.26. The van der Waals surface area contributed by atoms with Gasteiger partial charge in [-0.1, -0.05) is 0 Å². The molecule has 0 aliphatic carbocycles. The molecule has 5 nitrogen and oxygen atoms in total. The van der Waals surface area contributed by atoms with Crippen LogP contribution in [0.4, 0.5) is 0 Å². The maximum absolute atomic E-state index is 11.0. The molecular weight excluding hydrogens is 214 g/mol. The molecule has 0 radical (unpaired) electrons. The van der Waals surface area contributed by atoms with E-state index in [1.54, 1.807) is 7.05 Å². The Morgan fingerprint density at radius 1 is 1.60 bits per heavy atom. The van der Waals surface area contributed by atoms with Gasteiger partial charge in [0.1, 0.15) is 5.01 Å². The molecule has 2 aromatic rings. The number of thiazole rings is 1. The van der Waals surface area contributed by atoms with Crippen LogP contribution >= 0.6 is 11.3 Å². The van der Waals surface area contributed by atoms with E-state index >= 15 is 0 Å². The van der Waals surface area contributed by atoms with Gasteiger partial charge < -0.3 is 5.11 Å². The summed E-state index contributed by atoms with van der Waals surface area (Å²) in [6, 6.07) is 0. The van der Waals surface area contributed by atoms with Crippen molar-refractivity contribution >= 4 is 17.3 Å². The standard InChI is InChI=1S/C9H9N3O2S/c1-5-4-15-8(11-5)6-3-10-12(2)7(6)9(13)14/h3-4H,1-2H3,(H,13,14). The highest BCUT2D eigenvalue weighted by molar-refractivity contribution is 7.13. The van der Waals surface area contributed by atoms with Crippen molar-refractivity contribution in [2.45, 2.75) is 6.92 Å². The fourth-order valence-electron chi connectivity index (χ4n) is 1.33. The minimum Gasteiger partial charge on any atom is -0.477 e. The van der Waals surface area contributed by atoms with Crippen LogP contribution in [0.25, 0.3) is 10.6 Å². The Hall–Kier alpha value is -1.69. The summed E-state index contributed by atoms with van der Waals surface area (Å²) >= 11 is 1.42. The van der Waals surface area contributed by atoms with Crippen molar-refractivity contribution in [1.29, 1.82) is 0 Å². The fraction of sp³-hybridized carbons (Fsp3) is 0.222. The summed E-state index contributed by atoms with van der Waals surface area (Å²) < 4.78 is 1.34. The Balaban J connectivity index is 2.58. The smallest absolute Gasteiger partial charge is 0.354 e. The van der Waals surface area contributed by atoms with Crippen molar-refractivity contribution in [3.05, 3.63) is 23.0 Å². The summed E-state index contributed by atoms with van der Waals surface area (Å²) in [6.45, 7) is 1.87. The summed E-state index contributed by atoms with van der Waals surface area (Å²) in [5, 5.41) is 15.5. The number of carboxylic acids is 1. The van der Waals surface area contributed by atoms with E-state index < -0.39 is 5.97 Å². The maximum Gasteiger partial charge on any atom is 0.354 e. The van der Waals surface area contributed by atoms with Crippen LogP contribution in [0.1, 0.15) is 16.2 Å².